The average Bonchev–Trinajstić information content (AvgIpc) is 3.26. The molecule has 176 valence electrons. The first kappa shape index (κ1) is 26.2. The van der Waals surface area contributed by atoms with E-state index in [0.29, 0.717) is 6.42 Å². The van der Waals surface area contributed by atoms with Gasteiger partial charge in [-0.25, -0.2) is 9.37 Å². The van der Waals surface area contributed by atoms with E-state index >= 15 is 0 Å². The molecule has 1 aromatic heterocycles. The molecule has 3 rings (SSSR count). The van der Waals surface area contributed by atoms with Gasteiger partial charge in [0.2, 0.25) is 11.0 Å². The molecule has 1 fully saturated rings. The predicted molar refractivity (Wildman–Crippen MR) is 137 cm³/mol. The molecule has 1 saturated heterocycles. The fraction of sp³-hybridized carbons (Fsp3) is 0.524. The van der Waals surface area contributed by atoms with E-state index in [1.54, 1.807) is 12.1 Å². The lowest BCUT2D eigenvalue weighted by molar-refractivity contribution is -0.121. The third-order valence-electron chi connectivity index (χ3n) is 5.22. The van der Waals surface area contributed by atoms with Crippen LogP contribution in [0.3, 0.4) is 0 Å². The van der Waals surface area contributed by atoms with Crippen molar-refractivity contribution in [1.82, 2.24) is 19.6 Å². The number of aryl methyl sites for hydroxylation is 1. The van der Waals surface area contributed by atoms with E-state index in [-0.39, 0.29) is 36.3 Å². The van der Waals surface area contributed by atoms with Gasteiger partial charge in [0.15, 0.2) is 5.96 Å². The Hall–Kier alpha value is -2.02. The second-order valence-corrected chi connectivity index (χ2v) is 8.18. The van der Waals surface area contributed by atoms with Crippen LogP contribution in [0.25, 0.3) is 0 Å². The summed E-state index contributed by atoms with van der Waals surface area (Å²) in [4.78, 5) is 25.7. The van der Waals surface area contributed by atoms with Crippen molar-refractivity contribution in [3.8, 4) is 0 Å². The molecule has 1 amide bonds. The molecule has 2 heterocycles. The summed E-state index contributed by atoms with van der Waals surface area (Å²) in [6.45, 7) is 8.34. The van der Waals surface area contributed by atoms with Crippen LogP contribution in [0.4, 0.5) is 9.52 Å². The van der Waals surface area contributed by atoms with Crippen LogP contribution in [0, 0.1) is 11.7 Å². The zero-order chi connectivity index (χ0) is 22.2. The maximum absolute atomic E-state index is 13.1. The molecule has 1 aromatic carbocycles. The molecule has 0 spiro atoms. The number of piperazine rings is 1. The maximum Gasteiger partial charge on any atom is 0.222 e. The smallest absolute Gasteiger partial charge is 0.222 e. The van der Waals surface area contributed by atoms with Gasteiger partial charge in [0.25, 0.3) is 0 Å². The Morgan fingerprint density at radius 2 is 1.94 bits per heavy atom. The van der Waals surface area contributed by atoms with Crippen LogP contribution in [0.1, 0.15) is 25.2 Å². The molecule has 8 nitrogen and oxygen atoms in total. The van der Waals surface area contributed by atoms with Gasteiger partial charge in [-0.1, -0.05) is 19.1 Å². The molecule has 0 bridgehead atoms. The number of aliphatic imine (C=N–C) groups is 1. The van der Waals surface area contributed by atoms with Gasteiger partial charge in [0, 0.05) is 50.7 Å². The van der Waals surface area contributed by atoms with Crippen LogP contribution < -0.4 is 16.0 Å². The molecule has 0 aliphatic carbocycles. The third kappa shape index (κ3) is 7.26. The molecular formula is C21H31FIN7OS. The third-order valence-corrected chi connectivity index (χ3v) is 6.03. The van der Waals surface area contributed by atoms with Crippen LogP contribution in [0.2, 0.25) is 0 Å². The number of guanidine groups is 1. The van der Waals surface area contributed by atoms with Gasteiger partial charge < -0.3 is 20.9 Å². The van der Waals surface area contributed by atoms with E-state index < -0.39 is 11.8 Å². The lowest BCUT2D eigenvalue weighted by Crippen LogP contribution is -2.52. The maximum atomic E-state index is 13.1. The van der Waals surface area contributed by atoms with Gasteiger partial charge in [-0.05, 0) is 31.0 Å². The number of primary amides is 1. The van der Waals surface area contributed by atoms with E-state index in [1.165, 1.54) is 23.7 Å². The van der Waals surface area contributed by atoms with Gasteiger partial charge in [0.1, 0.15) is 11.6 Å². The van der Waals surface area contributed by atoms with E-state index in [9.17, 15) is 9.18 Å². The van der Waals surface area contributed by atoms with Crippen LogP contribution in [0.5, 0.6) is 0 Å². The van der Waals surface area contributed by atoms with Gasteiger partial charge in [-0.3, -0.25) is 9.79 Å². The molecule has 11 heteroatoms. The number of aromatic nitrogens is 2. The van der Waals surface area contributed by atoms with Crippen LogP contribution in [-0.4, -0.2) is 65.4 Å². The number of hydrogen-bond acceptors (Lipinski definition) is 6. The number of nitrogens with two attached hydrogens (primary N) is 1. The molecule has 2 aromatic rings. The summed E-state index contributed by atoms with van der Waals surface area (Å²) in [6, 6.07) is 6.14. The molecule has 0 radical (unpaired) electrons. The summed E-state index contributed by atoms with van der Waals surface area (Å²) in [5.41, 5.74) is 6.48. The van der Waals surface area contributed by atoms with Crippen LogP contribution in [0.15, 0.2) is 29.3 Å². The monoisotopic (exact) mass is 575 g/mol. The highest BCUT2D eigenvalue weighted by atomic mass is 127. The predicted octanol–water partition coefficient (Wildman–Crippen LogP) is 2.29. The van der Waals surface area contributed by atoms with E-state index in [2.05, 4.69) is 31.4 Å². The van der Waals surface area contributed by atoms with E-state index in [4.69, 9.17) is 10.7 Å². The Bertz CT molecular complexity index is 885. The second-order valence-electron chi connectivity index (χ2n) is 7.45. The van der Waals surface area contributed by atoms with Crippen molar-refractivity contribution >= 4 is 52.5 Å². The molecule has 1 aliphatic rings. The van der Waals surface area contributed by atoms with Gasteiger partial charge in [-0.15, -0.1) is 24.0 Å². The first-order valence-electron chi connectivity index (χ1n) is 10.6. The van der Waals surface area contributed by atoms with Crippen molar-refractivity contribution in [3.05, 3.63) is 41.5 Å². The topological polar surface area (TPSA) is 99.7 Å². The van der Waals surface area contributed by atoms with E-state index in [0.717, 1.165) is 61.6 Å². The fourth-order valence-corrected chi connectivity index (χ4v) is 4.21. The van der Waals surface area contributed by atoms with Crippen molar-refractivity contribution in [3.63, 3.8) is 0 Å². The number of halogens is 2. The number of carbonyl (C=O) groups is 1. The summed E-state index contributed by atoms with van der Waals surface area (Å²) in [5, 5.41) is 4.28. The van der Waals surface area contributed by atoms with E-state index in [1.807, 2.05) is 6.92 Å². The lowest BCUT2D eigenvalue weighted by Gasteiger charge is -2.36. The summed E-state index contributed by atoms with van der Waals surface area (Å²) in [7, 11) is 0. The summed E-state index contributed by atoms with van der Waals surface area (Å²) in [6.07, 6.45) is 1.27. The fourth-order valence-electron chi connectivity index (χ4n) is 3.41. The molecular weight excluding hydrogens is 544 g/mol. The molecule has 32 heavy (non-hydrogen) atoms. The molecule has 1 unspecified atom stereocenters. The normalized spacial score (nSPS) is 15.3. The van der Waals surface area contributed by atoms with Crippen molar-refractivity contribution in [2.24, 2.45) is 16.6 Å². The number of benzene rings is 1. The van der Waals surface area contributed by atoms with Gasteiger partial charge in [-0.2, -0.15) is 4.37 Å². The first-order valence-corrected chi connectivity index (χ1v) is 11.4. The second kappa shape index (κ2) is 12.9. The average molecular weight is 575 g/mol. The van der Waals surface area contributed by atoms with Crippen LogP contribution in [-0.2, 0) is 17.6 Å². The molecule has 1 aliphatic heterocycles. The van der Waals surface area contributed by atoms with Gasteiger partial charge in [0.05, 0.1) is 12.5 Å². The van der Waals surface area contributed by atoms with Crippen molar-refractivity contribution in [2.45, 2.75) is 26.7 Å². The van der Waals surface area contributed by atoms with Gasteiger partial charge >= 0.3 is 0 Å². The minimum absolute atomic E-state index is 0. The van der Waals surface area contributed by atoms with Crippen molar-refractivity contribution in [2.75, 3.05) is 44.2 Å². The highest BCUT2D eigenvalue weighted by Gasteiger charge is 2.23. The zero-order valence-corrected chi connectivity index (χ0v) is 21.6. The number of nitrogens with zero attached hydrogens (tertiary/aromatic N) is 5. The highest BCUT2D eigenvalue weighted by molar-refractivity contribution is 14.0. The highest BCUT2D eigenvalue weighted by Crippen LogP contribution is 2.19. The number of nitrogens with one attached hydrogen (secondary N) is 1. The Morgan fingerprint density at radius 3 is 2.50 bits per heavy atom. The number of rotatable bonds is 8. The molecule has 0 saturated carbocycles. The zero-order valence-electron chi connectivity index (χ0n) is 18.5. The summed E-state index contributed by atoms with van der Waals surface area (Å²) < 4.78 is 17.5. The number of amides is 1. The Labute approximate surface area is 209 Å². The lowest BCUT2D eigenvalue weighted by atomic mass is 9.99. The largest absolute Gasteiger partial charge is 0.369 e. The van der Waals surface area contributed by atoms with Crippen molar-refractivity contribution in [1.29, 1.82) is 0 Å². The summed E-state index contributed by atoms with van der Waals surface area (Å²) in [5.74, 6) is 0.506. The Kier molecular flexibility index (Phi) is 10.6. The minimum atomic E-state index is -0.450. The number of carbonyl (C=O) groups excluding carboxylic acids is 1. The molecule has 1 atom stereocenters. The standard InChI is InChI=1S/C21H30FN7OS.HI/c1-3-18-26-21(31-27-18)29-11-9-28(10-12-29)20(24-4-2)25-14-16(19(23)30)13-15-5-7-17(22)8-6-15;/h5-8,16H,3-4,9-14H2,1-2H3,(H2,23,30)(H,24,25);1H. The minimum Gasteiger partial charge on any atom is -0.369 e. The number of hydrogen-bond donors (Lipinski definition) is 2. The van der Waals surface area contributed by atoms with Crippen LogP contribution >= 0.6 is 35.5 Å². The molecule has 3 N–H and O–H groups in total. The SMILES string of the molecule is CCNC(=NCC(Cc1ccc(F)cc1)C(N)=O)N1CCN(c2nc(CC)ns2)CC1.I. The Balaban J connectivity index is 0.00000363. The first-order chi connectivity index (χ1) is 15.0. The Morgan fingerprint density at radius 1 is 1.25 bits per heavy atom. The summed E-state index contributed by atoms with van der Waals surface area (Å²) >= 11 is 1.45. The quantitative estimate of drug-likeness (QED) is 0.285. The van der Waals surface area contributed by atoms with Crippen molar-refractivity contribution < 1.29 is 9.18 Å². The number of anilines is 1.